The molecule has 0 N–H and O–H groups in total. The van der Waals surface area contributed by atoms with E-state index in [0.29, 0.717) is 5.56 Å². The molecular formula is C16H13NO3. The average molecular weight is 267 g/mol. The summed E-state index contributed by atoms with van der Waals surface area (Å²) < 4.78 is 10.4. The largest absolute Gasteiger partial charge is 0.489 e. The minimum absolute atomic E-state index is 0.257. The lowest BCUT2D eigenvalue weighted by Crippen LogP contribution is -2.10. The lowest BCUT2D eigenvalue weighted by atomic mass is 10.1. The fraction of sp³-hybridized carbons (Fsp3) is 0.125. The number of nitriles is 1. The number of ether oxygens (including phenoxy) is 2. The minimum atomic E-state index is -0.515. The van der Waals surface area contributed by atoms with Crippen LogP contribution in [-0.2, 0) is 11.3 Å². The molecule has 20 heavy (non-hydrogen) atoms. The number of para-hydroxylation sites is 1. The third-order valence-electron chi connectivity index (χ3n) is 2.64. The van der Waals surface area contributed by atoms with Gasteiger partial charge in [0.25, 0.3) is 0 Å². The van der Waals surface area contributed by atoms with Crippen LogP contribution in [0.4, 0.5) is 0 Å². The summed E-state index contributed by atoms with van der Waals surface area (Å²) >= 11 is 0. The molecule has 4 heteroatoms. The summed E-state index contributed by atoms with van der Waals surface area (Å²) in [4.78, 5) is 11.8. The molecule has 0 amide bonds. The molecular weight excluding hydrogens is 254 g/mol. The Morgan fingerprint density at radius 2 is 1.75 bits per heavy atom. The maximum atomic E-state index is 11.8. The summed E-state index contributed by atoms with van der Waals surface area (Å²) in [5, 5.41) is 8.43. The van der Waals surface area contributed by atoms with Gasteiger partial charge in [-0.25, -0.2) is 4.79 Å². The normalized spacial score (nSPS) is 9.55. The van der Waals surface area contributed by atoms with Crippen molar-refractivity contribution in [1.82, 2.24) is 0 Å². The highest BCUT2D eigenvalue weighted by molar-refractivity contribution is 5.91. The van der Waals surface area contributed by atoms with Gasteiger partial charge in [0, 0.05) is 5.56 Å². The smallest absolute Gasteiger partial charge is 0.339 e. The topological polar surface area (TPSA) is 59.3 Å². The third kappa shape index (κ3) is 3.59. The zero-order chi connectivity index (χ0) is 14.2. The lowest BCUT2D eigenvalue weighted by Gasteiger charge is -2.10. The fourth-order valence-electron chi connectivity index (χ4n) is 1.70. The van der Waals surface area contributed by atoms with Crippen LogP contribution in [0.2, 0.25) is 0 Å². The number of hydrogen-bond acceptors (Lipinski definition) is 4. The van der Waals surface area contributed by atoms with E-state index in [0.717, 1.165) is 11.3 Å². The van der Waals surface area contributed by atoms with Crippen molar-refractivity contribution >= 4 is 5.97 Å². The van der Waals surface area contributed by atoms with Crippen molar-refractivity contribution < 1.29 is 14.3 Å². The van der Waals surface area contributed by atoms with E-state index < -0.39 is 5.97 Å². The molecule has 0 heterocycles. The van der Waals surface area contributed by atoms with Crippen LogP contribution in [0.1, 0.15) is 15.9 Å². The van der Waals surface area contributed by atoms with Crippen molar-refractivity contribution in [3.63, 3.8) is 0 Å². The van der Waals surface area contributed by atoms with Crippen LogP contribution in [0.5, 0.6) is 5.75 Å². The Labute approximate surface area is 117 Å². The van der Waals surface area contributed by atoms with Gasteiger partial charge in [-0.1, -0.05) is 36.4 Å². The van der Waals surface area contributed by atoms with Crippen LogP contribution < -0.4 is 4.74 Å². The van der Waals surface area contributed by atoms with Crippen molar-refractivity contribution in [2.45, 2.75) is 6.61 Å². The molecule has 0 saturated carbocycles. The van der Waals surface area contributed by atoms with E-state index in [4.69, 9.17) is 14.7 Å². The van der Waals surface area contributed by atoms with E-state index in [1.54, 1.807) is 24.3 Å². The summed E-state index contributed by atoms with van der Waals surface area (Å²) in [6, 6.07) is 18.1. The molecule has 4 nitrogen and oxygen atoms in total. The number of carbonyl (C=O) groups is 1. The molecule has 0 bridgehead atoms. The first-order valence-electron chi connectivity index (χ1n) is 6.11. The van der Waals surface area contributed by atoms with Crippen molar-refractivity contribution in [2.24, 2.45) is 0 Å². The summed E-state index contributed by atoms with van der Waals surface area (Å²) in [6.07, 6.45) is 0. The quantitative estimate of drug-likeness (QED) is 0.781. The highest BCUT2D eigenvalue weighted by Gasteiger charge is 2.12. The van der Waals surface area contributed by atoms with Gasteiger partial charge in [0.05, 0.1) is 5.56 Å². The second kappa shape index (κ2) is 6.95. The van der Waals surface area contributed by atoms with Gasteiger partial charge in [0.2, 0.25) is 0 Å². The van der Waals surface area contributed by atoms with Crippen molar-refractivity contribution in [3.05, 3.63) is 65.7 Å². The van der Waals surface area contributed by atoms with Crippen LogP contribution in [0.25, 0.3) is 0 Å². The van der Waals surface area contributed by atoms with Gasteiger partial charge in [0.1, 0.15) is 18.4 Å². The lowest BCUT2D eigenvalue weighted by molar-refractivity contribution is 0.0552. The zero-order valence-electron chi connectivity index (χ0n) is 10.8. The second-order valence-electron chi connectivity index (χ2n) is 3.99. The molecule has 2 rings (SSSR count). The Bertz CT molecular complexity index is 617. The molecule has 2 aromatic carbocycles. The molecule has 0 aromatic heterocycles. The van der Waals surface area contributed by atoms with Crippen LogP contribution in [0, 0.1) is 11.3 Å². The molecule has 0 unspecified atom stereocenters. The van der Waals surface area contributed by atoms with E-state index >= 15 is 0 Å². The molecule has 2 aromatic rings. The van der Waals surface area contributed by atoms with Crippen molar-refractivity contribution in [1.29, 1.82) is 5.26 Å². The zero-order valence-corrected chi connectivity index (χ0v) is 10.8. The summed E-state index contributed by atoms with van der Waals surface area (Å²) in [5.41, 5.74) is 1.14. The second-order valence-corrected chi connectivity index (χ2v) is 3.99. The molecule has 0 aliphatic heterocycles. The number of rotatable bonds is 5. The predicted molar refractivity (Wildman–Crippen MR) is 73.1 cm³/mol. The molecule has 100 valence electrons. The number of nitrogens with zero attached hydrogens (tertiary/aromatic N) is 1. The fourth-order valence-corrected chi connectivity index (χ4v) is 1.70. The molecule has 0 radical (unpaired) electrons. The van der Waals surface area contributed by atoms with E-state index in [-0.39, 0.29) is 13.2 Å². The van der Waals surface area contributed by atoms with Gasteiger partial charge in [-0.05, 0) is 18.2 Å². The SMILES string of the molecule is N#CCOC(=O)c1ccccc1COc1ccccc1. The maximum Gasteiger partial charge on any atom is 0.339 e. The van der Waals surface area contributed by atoms with Crippen LogP contribution >= 0.6 is 0 Å². The summed E-state index contributed by atoms with van der Waals surface area (Å²) in [6.45, 7) is 0.00848. The van der Waals surface area contributed by atoms with E-state index in [1.165, 1.54) is 0 Å². The predicted octanol–water partition coefficient (Wildman–Crippen LogP) is 2.95. The molecule has 0 atom stereocenters. The van der Waals surface area contributed by atoms with Crippen LogP contribution in [0.3, 0.4) is 0 Å². The van der Waals surface area contributed by atoms with Gasteiger partial charge in [-0.2, -0.15) is 5.26 Å². The number of hydrogen-bond donors (Lipinski definition) is 0. The van der Waals surface area contributed by atoms with Gasteiger partial charge in [-0.15, -0.1) is 0 Å². The molecule has 0 aliphatic carbocycles. The third-order valence-corrected chi connectivity index (χ3v) is 2.64. The highest BCUT2D eigenvalue weighted by atomic mass is 16.5. The van der Waals surface area contributed by atoms with Crippen molar-refractivity contribution in [2.75, 3.05) is 6.61 Å². The van der Waals surface area contributed by atoms with Crippen molar-refractivity contribution in [3.8, 4) is 11.8 Å². The molecule has 0 saturated heterocycles. The number of esters is 1. The monoisotopic (exact) mass is 267 g/mol. The Kier molecular flexibility index (Phi) is 4.74. The van der Waals surface area contributed by atoms with Crippen LogP contribution in [0.15, 0.2) is 54.6 Å². The Hall–Kier alpha value is -2.80. The van der Waals surface area contributed by atoms with Gasteiger partial charge in [-0.3, -0.25) is 0 Å². The minimum Gasteiger partial charge on any atom is -0.489 e. The Balaban J connectivity index is 2.08. The first kappa shape index (κ1) is 13.6. The first-order valence-corrected chi connectivity index (χ1v) is 6.11. The van der Waals surface area contributed by atoms with E-state index in [1.807, 2.05) is 36.4 Å². The highest BCUT2D eigenvalue weighted by Crippen LogP contribution is 2.15. The summed E-state index contributed by atoms with van der Waals surface area (Å²) in [5.74, 6) is 0.214. The standard InChI is InChI=1S/C16H13NO3/c17-10-11-19-16(18)15-9-5-4-6-13(15)12-20-14-7-2-1-3-8-14/h1-9H,11-12H2. The first-order chi connectivity index (χ1) is 9.81. The Morgan fingerprint density at radius 3 is 2.50 bits per heavy atom. The Morgan fingerprint density at radius 1 is 1.05 bits per heavy atom. The van der Waals surface area contributed by atoms with E-state index in [9.17, 15) is 4.79 Å². The van der Waals surface area contributed by atoms with E-state index in [2.05, 4.69) is 0 Å². The maximum absolute atomic E-state index is 11.8. The van der Waals surface area contributed by atoms with Crippen LogP contribution in [-0.4, -0.2) is 12.6 Å². The molecule has 0 aliphatic rings. The summed E-state index contributed by atoms with van der Waals surface area (Å²) in [7, 11) is 0. The molecule has 0 fully saturated rings. The molecule has 0 spiro atoms. The average Bonchev–Trinajstić information content (AvgIpc) is 2.52. The number of benzene rings is 2. The number of carbonyl (C=O) groups excluding carboxylic acids is 1. The van der Waals surface area contributed by atoms with Gasteiger partial charge in [0.15, 0.2) is 6.61 Å². The van der Waals surface area contributed by atoms with Gasteiger partial charge < -0.3 is 9.47 Å². The van der Waals surface area contributed by atoms with Gasteiger partial charge >= 0.3 is 5.97 Å².